The summed E-state index contributed by atoms with van der Waals surface area (Å²) in [6.45, 7) is 3.18. The lowest BCUT2D eigenvalue weighted by atomic mass is 10.0. The maximum Gasteiger partial charge on any atom is 0.0705 e. The Morgan fingerprint density at radius 2 is 2.19 bits per heavy atom. The number of nitrogens with one attached hydrogen (secondary N) is 1. The summed E-state index contributed by atoms with van der Waals surface area (Å²) in [4.78, 5) is 4.52. The monoisotopic (exact) mass is 212 g/mol. The average molecular weight is 212 g/mol. The first-order chi connectivity index (χ1) is 7.83. The van der Waals surface area contributed by atoms with E-state index < -0.39 is 0 Å². The van der Waals surface area contributed by atoms with Crippen molar-refractivity contribution >= 4 is 10.9 Å². The first kappa shape index (κ1) is 9.79. The van der Waals surface area contributed by atoms with Crippen molar-refractivity contribution in [3.8, 4) is 0 Å². The van der Waals surface area contributed by atoms with Crippen molar-refractivity contribution in [2.24, 2.45) is 0 Å². The molecule has 0 amide bonds. The SMILES string of the molecule is Cc1ccc2cc(C3CCCN3)ccc2n1. The van der Waals surface area contributed by atoms with Crippen LogP contribution in [0.3, 0.4) is 0 Å². The highest BCUT2D eigenvalue weighted by atomic mass is 14.9. The van der Waals surface area contributed by atoms with Crippen molar-refractivity contribution < 1.29 is 0 Å². The summed E-state index contributed by atoms with van der Waals surface area (Å²) in [6.07, 6.45) is 2.54. The number of fused-ring (bicyclic) bond motifs is 1. The summed E-state index contributed by atoms with van der Waals surface area (Å²) in [5.74, 6) is 0. The third-order valence-corrected chi connectivity index (χ3v) is 3.32. The van der Waals surface area contributed by atoms with Gasteiger partial charge < -0.3 is 5.32 Å². The molecule has 0 bridgehead atoms. The molecule has 1 N–H and O–H groups in total. The molecule has 2 heterocycles. The molecule has 0 radical (unpaired) electrons. The Labute approximate surface area is 95.7 Å². The summed E-state index contributed by atoms with van der Waals surface area (Å²) in [6, 6.07) is 11.4. The van der Waals surface area contributed by atoms with Crippen molar-refractivity contribution in [2.45, 2.75) is 25.8 Å². The summed E-state index contributed by atoms with van der Waals surface area (Å²) >= 11 is 0. The number of nitrogens with zero attached hydrogens (tertiary/aromatic N) is 1. The van der Waals surface area contributed by atoms with E-state index in [0.717, 1.165) is 17.8 Å². The van der Waals surface area contributed by atoms with Gasteiger partial charge in [-0.2, -0.15) is 0 Å². The molecule has 1 aliphatic heterocycles. The van der Waals surface area contributed by atoms with Gasteiger partial charge in [0, 0.05) is 17.1 Å². The van der Waals surface area contributed by atoms with Gasteiger partial charge in [0.1, 0.15) is 0 Å². The van der Waals surface area contributed by atoms with E-state index >= 15 is 0 Å². The lowest BCUT2D eigenvalue weighted by Gasteiger charge is -2.11. The molecule has 2 aromatic rings. The van der Waals surface area contributed by atoms with Gasteiger partial charge in [0.2, 0.25) is 0 Å². The molecule has 2 heteroatoms. The van der Waals surface area contributed by atoms with Crippen LogP contribution in [-0.4, -0.2) is 11.5 Å². The predicted molar refractivity (Wildman–Crippen MR) is 66.5 cm³/mol. The fraction of sp³-hybridized carbons (Fsp3) is 0.357. The van der Waals surface area contributed by atoms with Gasteiger partial charge in [-0.25, -0.2) is 0 Å². The standard InChI is InChI=1S/C14H16N2/c1-10-4-5-12-9-11(6-7-14(12)16-10)13-3-2-8-15-13/h4-7,9,13,15H,2-3,8H2,1H3. The van der Waals surface area contributed by atoms with Gasteiger partial charge in [-0.05, 0) is 50.1 Å². The molecule has 0 spiro atoms. The molecule has 82 valence electrons. The average Bonchev–Trinajstić information content (AvgIpc) is 2.82. The molecule has 1 atom stereocenters. The van der Waals surface area contributed by atoms with Gasteiger partial charge in [-0.15, -0.1) is 0 Å². The van der Waals surface area contributed by atoms with Crippen LogP contribution in [0.2, 0.25) is 0 Å². The molecule has 0 aliphatic carbocycles. The number of hydrogen-bond donors (Lipinski definition) is 1. The van der Waals surface area contributed by atoms with E-state index in [0.29, 0.717) is 6.04 Å². The van der Waals surface area contributed by atoms with Gasteiger partial charge in [0.15, 0.2) is 0 Å². The molecule has 0 saturated carbocycles. The summed E-state index contributed by atoms with van der Waals surface area (Å²) in [5.41, 5.74) is 3.58. The number of hydrogen-bond acceptors (Lipinski definition) is 2. The van der Waals surface area contributed by atoms with Gasteiger partial charge in [0.25, 0.3) is 0 Å². The molecule has 1 aromatic heterocycles. The van der Waals surface area contributed by atoms with Crippen molar-refractivity contribution in [2.75, 3.05) is 6.54 Å². The highest BCUT2D eigenvalue weighted by molar-refractivity contribution is 5.79. The minimum Gasteiger partial charge on any atom is -0.310 e. The minimum atomic E-state index is 0.547. The van der Waals surface area contributed by atoms with Crippen LogP contribution in [0, 0.1) is 6.92 Å². The molecule has 16 heavy (non-hydrogen) atoms. The summed E-state index contributed by atoms with van der Waals surface area (Å²) in [5, 5.41) is 4.78. The van der Waals surface area contributed by atoms with Crippen molar-refractivity contribution in [3.05, 3.63) is 41.6 Å². The van der Waals surface area contributed by atoms with Crippen LogP contribution in [0.5, 0.6) is 0 Å². The summed E-state index contributed by atoms with van der Waals surface area (Å²) < 4.78 is 0. The van der Waals surface area contributed by atoms with Crippen LogP contribution in [-0.2, 0) is 0 Å². The molecule has 1 aromatic carbocycles. The highest BCUT2D eigenvalue weighted by Crippen LogP contribution is 2.25. The maximum atomic E-state index is 4.52. The van der Waals surface area contributed by atoms with Gasteiger partial charge in [-0.3, -0.25) is 4.98 Å². The number of pyridine rings is 1. The number of benzene rings is 1. The Morgan fingerprint density at radius 1 is 1.25 bits per heavy atom. The van der Waals surface area contributed by atoms with Crippen molar-refractivity contribution in [1.29, 1.82) is 0 Å². The van der Waals surface area contributed by atoms with E-state index in [1.165, 1.54) is 23.8 Å². The molecule has 1 unspecified atom stereocenters. The Balaban J connectivity index is 2.05. The highest BCUT2D eigenvalue weighted by Gasteiger charge is 2.15. The molecule has 2 nitrogen and oxygen atoms in total. The van der Waals surface area contributed by atoms with Crippen LogP contribution >= 0.6 is 0 Å². The molecular formula is C14H16N2. The normalized spacial score (nSPS) is 20.4. The fourth-order valence-corrected chi connectivity index (χ4v) is 2.43. The fourth-order valence-electron chi connectivity index (χ4n) is 2.43. The predicted octanol–water partition coefficient (Wildman–Crippen LogP) is 2.97. The van der Waals surface area contributed by atoms with Crippen LogP contribution in [0.4, 0.5) is 0 Å². The quantitative estimate of drug-likeness (QED) is 0.786. The lowest BCUT2D eigenvalue weighted by Crippen LogP contribution is -2.12. The van der Waals surface area contributed by atoms with E-state index in [2.05, 4.69) is 40.6 Å². The zero-order valence-corrected chi connectivity index (χ0v) is 9.53. The van der Waals surface area contributed by atoms with Crippen molar-refractivity contribution in [1.82, 2.24) is 10.3 Å². The molecule has 3 rings (SSSR count). The molecule has 1 aliphatic rings. The first-order valence-electron chi connectivity index (χ1n) is 5.94. The first-order valence-corrected chi connectivity index (χ1v) is 5.94. The Kier molecular flexibility index (Phi) is 2.37. The van der Waals surface area contributed by atoms with Gasteiger partial charge in [-0.1, -0.05) is 12.1 Å². The Hall–Kier alpha value is -1.41. The minimum absolute atomic E-state index is 0.547. The second-order valence-electron chi connectivity index (χ2n) is 4.55. The third kappa shape index (κ3) is 1.69. The van der Waals surface area contributed by atoms with Crippen LogP contribution in [0.15, 0.2) is 30.3 Å². The zero-order chi connectivity index (χ0) is 11.0. The topological polar surface area (TPSA) is 24.9 Å². The van der Waals surface area contributed by atoms with Crippen LogP contribution < -0.4 is 5.32 Å². The third-order valence-electron chi connectivity index (χ3n) is 3.32. The van der Waals surface area contributed by atoms with E-state index in [-0.39, 0.29) is 0 Å². The molecule has 1 saturated heterocycles. The van der Waals surface area contributed by atoms with E-state index in [9.17, 15) is 0 Å². The van der Waals surface area contributed by atoms with E-state index in [4.69, 9.17) is 0 Å². The van der Waals surface area contributed by atoms with Gasteiger partial charge in [0.05, 0.1) is 5.52 Å². The number of rotatable bonds is 1. The summed E-state index contributed by atoms with van der Waals surface area (Å²) in [7, 11) is 0. The van der Waals surface area contributed by atoms with Crippen LogP contribution in [0.25, 0.3) is 10.9 Å². The Morgan fingerprint density at radius 3 is 3.00 bits per heavy atom. The Bertz CT molecular complexity index is 513. The lowest BCUT2D eigenvalue weighted by molar-refractivity contribution is 0.648. The number of aromatic nitrogens is 1. The zero-order valence-electron chi connectivity index (χ0n) is 9.53. The van der Waals surface area contributed by atoms with Crippen LogP contribution in [0.1, 0.15) is 30.1 Å². The number of aryl methyl sites for hydroxylation is 1. The van der Waals surface area contributed by atoms with E-state index in [1.54, 1.807) is 0 Å². The van der Waals surface area contributed by atoms with Crippen molar-refractivity contribution in [3.63, 3.8) is 0 Å². The largest absolute Gasteiger partial charge is 0.310 e. The maximum absolute atomic E-state index is 4.52. The smallest absolute Gasteiger partial charge is 0.0705 e. The van der Waals surface area contributed by atoms with Gasteiger partial charge >= 0.3 is 0 Å². The molecular weight excluding hydrogens is 196 g/mol. The van der Waals surface area contributed by atoms with E-state index in [1.807, 2.05) is 6.92 Å². The second-order valence-corrected chi connectivity index (χ2v) is 4.55. The molecule has 1 fully saturated rings. The second kappa shape index (κ2) is 3.87.